The summed E-state index contributed by atoms with van der Waals surface area (Å²) in [5.74, 6) is 0.0750. The zero-order valence-corrected chi connectivity index (χ0v) is 45.9. The fourth-order valence-electron chi connectivity index (χ4n) is 9.42. The molecule has 0 rings (SSSR count). The highest BCUT2D eigenvalue weighted by Crippen LogP contribution is 2.19. The molecule has 0 saturated heterocycles. The molecule has 0 heterocycles. The normalized spacial score (nSPS) is 12.4. The second kappa shape index (κ2) is 55.3. The molecule has 0 fully saturated rings. The van der Waals surface area contributed by atoms with Gasteiger partial charge in [-0.1, -0.05) is 310 Å². The molecule has 67 heavy (non-hydrogen) atoms. The molecule has 0 aromatic heterocycles. The predicted octanol–water partition coefficient (Wildman–Crippen LogP) is 20.2. The van der Waals surface area contributed by atoms with E-state index in [9.17, 15) is 14.4 Å². The summed E-state index contributed by atoms with van der Waals surface area (Å²) in [6, 6.07) is 0. The molecule has 0 N–H and O–H groups in total. The average Bonchev–Trinajstić information content (AvgIpc) is 3.33. The molecule has 398 valence electrons. The van der Waals surface area contributed by atoms with Gasteiger partial charge in [0, 0.05) is 19.3 Å². The first-order valence-corrected chi connectivity index (χ1v) is 30.4. The SMILES string of the molecule is CCCCCCCCCCCCCCCCCCCC(=O)OC[C@H](COC(=O)CCCCCCCCCCCC)OC(=O)CCCCCCCCCCCCCCCCCCCCC(C)CC. The number of esters is 3. The lowest BCUT2D eigenvalue weighted by atomic mass is 9.99. The van der Waals surface area contributed by atoms with Gasteiger partial charge in [0.2, 0.25) is 0 Å². The Hall–Kier alpha value is -1.59. The fraction of sp³-hybridized carbons (Fsp3) is 0.951. The summed E-state index contributed by atoms with van der Waals surface area (Å²) >= 11 is 0. The molecule has 0 saturated carbocycles. The molecule has 0 spiro atoms. The molecule has 2 atom stereocenters. The molecule has 6 heteroatoms. The lowest BCUT2D eigenvalue weighted by Gasteiger charge is -2.18. The highest BCUT2D eigenvalue weighted by molar-refractivity contribution is 5.71. The number of carbonyl (C=O) groups is 3. The number of ether oxygens (including phenoxy) is 3. The van der Waals surface area contributed by atoms with Crippen LogP contribution in [0.3, 0.4) is 0 Å². The number of rotatable bonds is 56. The van der Waals surface area contributed by atoms with E-state index in [-0.39, 0.29) is 31.1 Å². The molecule has 6 nitrogen and oxygen atoms in total. The number of hydrogen-bond donors (Lipinski definition) is 0. The van der Waals surface area contributed by atoms with Crippen molar-refractivity contribution in [3.8, 4) is 0 Å². The monoisotopic (exact) mass is 947 g/mol. The maximum absolute atomic E-state index is 12.9. The van der Waals surface area contributed by atoms with Crippen molar-refractivity contribution in [1.29, 1.82) is 0 Å². The van der Waals surface area contributed by atoms with E-state index in [1.165, 1.54) is 244 Å². The van der Waals surface area contributed by atoms with Crippen molar-refractivity contribution in [2.75, 3.05) is 13.2 Å². The quantitative estimate of drug-likeness (QED) is 0.0343. The van der Waals surface area contributed by atoms with Crippen LogP contribution in [0.25, 0.3) is 0 Å². The summed E-state index contributed by atoms with van der Waals surface area (Å²) in [6.07, 6.45) is 61.0. The van der Waals surface area contributed by atoms with Crippen molar-refractivity contribution >= 4 is 17.9 Å². The van der Waals surface area contributed by atoms with Gasteiger partial charge in [0.15, 0.2) is 6.10 Å². The number of unbranched alkanes of at least 4 members (excludes halogenated alkanes) is 42. The van der Waals surface area contributed by atoms with Crippen LogP contribution in [0.15, 0.2) is 0 Å². The van der Waals surface area contributed by atoms with Crippen molar-refractivity contribution < 1.29 is 28.6 Å². The molecule has 0 aliphatic carbocycles. The van der Waals surface area contributed by atoms with Crippen LogP contribution in [0.4, 0.5) is 0 Å². The minimum absolute atomic E-state index is 0.0616. The number of hydrogen-bond acceptors (Lipinski definition) is 6. The van der Waals surface area contributed by atoms with Crippen molar-refractivity contribution in [3.63, 3.8) is 0 Å². The Morgan fingerprint density at radius 3 is 0.776 bits per heavy atom. The summed E-state index contributed by atoms with van der Waals surface area (Å²) in [7, 11) is 0. The third kappa shape index (κ3) is 53.6. The highest BCUT2D eigenvalue weighted by atomic mass is 16.6. The molecule has 1 unspecified atom stereocenters. The Kier molecular flexibility index (Phi) is 54.0. The van der Waals surface area contributed by atoms with Crippen molar-refractivity contribution in [2.45, 2.75) is 355 Å². The van der Waals surface area contributed by atoms with E-state index in [4.69, 9.17) is 14.2 Å². The molecular weight excluding hydrogens is 829 g/mol. The molecule has 0 bridgehead atoms. The average molecular weight is 948 g/mol. The molecule has 0 aromatic carbocycles. The largest absolute Gasteiger partial charge is 0.462 e. The van der Waals surface area contributed by atoms with E-state index in [1.807, 2.05) is 0 Å². The molecule has 0 aromatic rings. The van der Waals surface area contributed by atoms with Crippen molar-refractivity contribution in [1.82, 2.24) is 0 Å². The van der Waals surface area contributed by atoms with Crippen LogP contribution in [-0.2, 0) is 28.6 Å². The minimum Gasteiger partial charge on any atom is -0.462 e. The maximum Gasteiger partial charge on any atom is 0.306 e. The van der Waals surface area contributed by atoms with Gasteiger partial charge < -0.3 is 14.2 Å². The van der Waals surface area contributed by atoms with Crippen LogP contribution in [-0.4, -0.2) is 37.2 Å². The lowest BCUT2D eigenvalue weighted by molar-refractivity contribution is -0.167. The number of carbonyl (C=O) groups excluding carboxylic acids is 3. The van der Waals surface area contributed by atoms with Crippen LogP contribution in [0, 0.1) is 5.92 Å². The van der Waals surface area contributed by atoms with Gasteiger partial charge in [0.1, 0.15) is 13.2 Å². The molecular formula is C61H118O6. The van der Waals surface area contributed by atoms with Gasteiger partial charge in [-0.2, -0.15) is 0 Å². The molecule has 0 aliphatic heterocycles. The first-order chi connectivity index (χ1) is 32.9. The van der Waals surface area contributed by atoms with Gasteiger partial charge >= 0.3 is 17.9 Å². The summed E-state index contributed by atoms with van der Waals surface area (Å²) in [4.78, 5) is 38.1. The minimum atomic E-state index is -0.761. The van der Waals surface area contributed by atoms with E-state index in [2.05, 4.69) is 27.7 Å². The van der Waals surface area contributed by atoms with E-state index in [0.717, 1.165) is 63.7 Å². The Morgan fingerprint density at radius 2 is 0.522 bits per heavy atom. The first kappa shape index (κ1) is 65.4. The van der Waals surface area contributed by atoms with E-state index in [0.29, 0.717) is 19.3 Å². The van der Waals surface area contributed by atoms with Crippen LogP contribution < -0.4 is 0 Å². The smallest absolute Gasteiger partial charge is 0.306 e. The van der Waals surface area contributed by atoms with E-state index >= 15 is 0 Å². The van der Waals surface area contributed by atoms with Gasteiger partial charge in [-0.15, -0.1) is 0 Å². The Bertz CT molecular complexity index is 1010. The third-order valence-corrected chi connectivity index (χ3v) is 14.4. The predicted molar refractivity (Wildman–Crippen MR) is 289 cm³/mol. The topological polar surface area (TPSA) is 78.9 Å². The van der Waals surface area contributed by atoms with Gasteiger partial charge in [-0.25, -0.2) is 0 Å². The summed E-state index contributed by atoms with van der Waals surface area (Å²) in [5, 5.41) is 0. The third-order valence-electron chi connectivity index (χ3n) is 14.4. The molecule has 0 amide bonds. The van der Waals surface area contributed by atoms with Gasteiger partial charge in [-0.3, -0.25) is 14.4 Å². The zero-order chi connectivity index (χ0) is 48.8. The lowest BCUT2D eigenvalue weighted by Crippen LogP contribution is -2.30. The van der Waals surface area contributed by atoms with E-state index in [1.54, 1.807) is 0 Å². The Balaban J connectivity index is 4.20. The Labute approximate surface area is 418 Å². The molecule has 0 radical (unpaired) electrons. The second-order valence-corrected chi connectivity index (χ2v) is 21.2. The van der Waals surface area contributed by atoms with E-state index < -0.39 is 6.10 Å². The standard InChI is InChI=1S/C61H118O6/c1-5-8-10-12-14-16-18-19-20-23-27-30-33-37-41-45-49-53-60(63)66-56-58(55-65-59(62)52-48-44-40-36-17-15-13-11-9-6-2)67-61(64)54-50-46-42-38-34-31-28-25-22-21-24-26-29-32-35-39-43-47-51-57(4)7-3/h57-58H,5-56H2,1-4H3/t57?,58-/m0/s1. The van der Waals surface area contributed by atoms with Gasteiger partial charge in [0.05, 0.1) is 0 Å². The van der Waals surface area contributed by atoms with Gasteiger partial charge in [-0.05, 0) is 25.2 Å². The summed E-state index contributed by atoms with van der Waals surface area (Å²) < 4.78 is 16.9. The van der Waals surface area contributed by atoms with Crippen molar-refractivity contribution in [3.05, 3.63) is 0 Å². The van der Waals surface area contributed by atoms with Gasteiger partial charge in [0.25, 0.3) is 0 Å². The second-order valence-electron chi connectivity index (χ2n) is 21.2. The fourth-order valence-corrected chi connectivity index (χ4v) is 9.42. The first-order valence-electron chi connectivity index (χ1n) is 30.4. The Morgan fingerprint density at radius 1 is 0.299 bits per heavy atom. The van der Waals surface area contributed by atoms with Crippen LogP contribution in [0.5, 0.6) is 0 Å². The zero-order valence-electron chi connectivity index (χ0n) is 45.9. The van der Waals surface area contributed by atoms with Crippen LogP contribution in [0.2, 0.25) is 0 Å². The van der Waals surface area contributed by atoms with Crippen LogP contribution in [0.1, 0.15) is 349 Å². The highest BCUT2D eigenvalue weighted by Gasteiger charge is 2.19. The van der Waals surface area contributed by atoms with Crippen molar-refractivity contribution in [2.24, 2.45) is 5.92 Å². The maximum atomic E-state index is 12.9. The summed E-state index contributed by atoms with van der Waals surface area (Å²) in [6.45, 7) is 9.10. The molecule has 0 aliphatic rings. The van der Waals surface area contributed by atoms with Crippen LogP contribution >= 0.6 is 0 Å². The summed E-state index contributed by atoms with van der Waals surface area (Å²) in [5.41, 5.74) is 0.